The van der Waals surface area contributed by atoms with Crippen LogP contribution >= 0.6 is 11.9 Å². The van der Waals surface area contributed by atoms with Gasteiger partial charge in [0.05, 0.1) is 32.1 Å². The highest BCUT2D eigenvalue weighted by atomic mass is 32.2. The van der Waals surface area contributed by atoms with Gasteiger partial charge in [-0.25, -0.2) is 4.40 Å². The fraction of sp³-hybridized carbons (Fsp3) is 0.327. The second-order valence-electron chi connectivity index (χ2n) is 15.3. The van der Waals surface area contributed by atoms with Crippen molar-refractivity contribution in [2.24, 2.45) is 15.1 Å². The molecule has 1 atom stereocenters. The van der Waals surface area contributed by atoms with Crippen molar-refractivity contribution in [1.82, 2.24) is 10.2 Å². The van der Waals surface area contributed by atoms with E-state index in [0.29, 0.717) is 70.0 Å². The molecule has 2 aromatic carbocycles. The lowest BCUT2D eigenvalue weighted by molar-refractivity contribution is 0.0953. The molecular weight excluding hydrogens is 787 g/mol. The van der Waals surface area contributed by atoms with Crippen molar-refractivity contribution in [3.8, 4) is 23.0 Å². The minimum Gasteiger partial charge on any atom is -0.493 e. The van der Waals surface area contributed by atoms with E-state index in [1.165, 1.54) is 34.2 Å². The molecule has 0 bridgehead atoms. The number of fused-ring (bicyclic) bond motifs is 1. The Hall–Kier alpha value is -6.07. The first-order chi connectivity index (χ1) is 29.8. The van der Waals surface area contributed by atoms with E-state index in [-0.39, 0.29) is 18.6 Å². The predicted molar refractivity (Wildman–Crippen MR) is 244 cm³/mol. The number of carbonyl (C=O) groups excluding carboxylic acids is 2. The van der Waals surface area contributed by atoms with Crippen LogP contribution in [0.4, 0.5) is 5.69 Å². The van der Waals surface area contributed by atoms with E-state index in [2.05, 4.69) is 63.8 Å². The second kappa shape index (κ2) is 20.9. The number of allylic oxidation sites excluding steroid dienone is 8. The standard InChI is InChI=1S/C49H53N5O6S/c1-54-20-17-36-10-5-4-6-12-37(36)24-41(54)30-51-43-27-46(44(57-2)25-39(43)31-55)60-32-34-15-16-40(50)23-33(22-34)18-21-59-47-28-48-42(26-45(47)58-3)49(56)52-29-38-13-8-7-11-35(38)14-9-19-53-61-48/h5-6,8,10,12-13,16,19,22-23,25-28,30-31,41H,4,7,9,11,14,17-18,20-21,24,29,32,50H2,1-3H3,(H,52,56)/t41-/m0/s1. The lowest BCUT2D eigenvalue weighted by Gasteiger charge is -2.22. The third kappa shape index (κ3) is 11.2. The topological polar surface area (TPSA) is 137 Å². The third-order valence-corrected chi connectivity index (χ3v) is 12.0. The molecule has 11 nitrogen and oxygen atoms in total. The molecule has 1 amide bonds. The highest BCUT2D eigenvalue weighted by molar-refractivity contribution is 7.98. The molecule has 2 aliphatic heterocycles. The summed E-state index contributed by atoms with van der Waals surface area (Å²) in [6, 6.07) is 6.99. The molecule has 0 spiro atoms. The molecule has 2 aromatic rings. The number of aldehydes is 1. The number of nitrogens with zero attached hydrogens (tertiary/aromatic N) is 3. The van der Waals surface area contributed by atoms with Gasteiger partial charge in [0.1, 0.15) is 6.61 Å². The summed E-state index contributed by atoms with van der Waals surface area (Å²) in [5.74, 6) is 1.62. The molecule has 61 heavy (non-hydrogen) atoms. The summed E-state index contributed by atoms with van der Waals surface area (Å²) in [6.45, 7) is 1.83. The van der Waals surface area contributed by atoms with E-state index in [0.717, 1.165) is 68.9 Å². The first-order valence-corrected chi connectivity index (χ1v) is 21.5. The molecule has 2 heterocycles. The van der Waals surface area contributed by atoms with Crippen molar-refractivity contribution in [3.63, 3.8) is 0 Å². The number of benzene rings is 2. The molecule has 3 aliphatic carbocycles. The van der Waals surface area contributed by atoms with Crippen LogP contribution in [0, 0.1) is 0 Å². The van der Waals surface area contributed by atoms with Crippen LogP contribution in [0.2, 0.25) is 0 Å². The van der Waals surface area contributed by atoms with Crippen molar-refractivity contribution in [3.05, 3.63) is 135 Å². The summed E-state index contributed by atoms with van der Waals surface area (Å²) in [5.41, 5.74) is 18.4. The molecule has 0 radical (unpaired) electrons. The van der Waals surface area contributed by atoms with Crippen LogP contribution in [0.5, 0.6) is 23.0 Å². The van der Waals surface area contributed by atoms with Crippen molar-refractivity contribution in [2.75, 3.05) is 47.6 Å². The molecule has 3 N–H and O–H groups in total. The highest BCUT2D eigenvalue weighted by Crippen LogP contribution is 2.38. The van der Waals surface area contributed by atoms with Crippen LogP contribution in [-0.2, 0) is 0 Å². The van der Waals surface area contributed by atoms with Crippen molar-refractivity contribution >= 4 is 42.3 Å². The average molecular weight is 840 g/mol. The number of ether oxygens (including phenoxy) is 4. The number of nitrogens with two attached hydrogens (primary N) is 1. The Kier molecular flexibility index (Phi) is 14.8. The number of amides is 1. The van der Waals surface area contributed by atoms with Crippen LogP contribution in [0.3, 0.4) is 0 Å². The van der Waals surface area contributed by atoms with Crippen LogP contribution in [-0.4, -0.2) is 83.1 Å². The fourth-order valence-corrected chi connectivity index (χ4v) is 8.43. The Bertz CT molecular complexity index is 2370. The van der Waals surface area contributed by atoms with E-state index in [9.17, 15) is 9.59 Å². The van der Waals surface area contributed by atoms with Gasteiger partial charge in [-0.1, -0.05) is 42.0 Å². The lowest BCUT2D eigenvalue weighted by atomic mass is 9.94. The first kappa shape index (κ1) is 43.0. The zero-order valence-electron chi connectivity index (χ0n) is 35.1. The first-order valence-electron chi connectivity index (χ1n) is 20.7. The SMILES string of the molecule is COc1cc2c(cc1OCCC1=CC(COc3cc(N=C[C@@H]4CC5=C(C=CCC=C5)CCN4C)c(C=O)cc3OC)=C=CC(N)=C1)SN=CCCC1=C(C=CCC1)CNC2=O. The fourth-order valence-electron chi connectivity index (χ4n) is 7.73. The summed E-state index contributed by atoms with van der Waals surface area (Å²) in [5, 5.41) is 3.10. The summed E-state index contributed by atoms with van der Waals surface area (Å²) in [7, 11) is 5.21. The van der Waals surface area contributed by atoms with Gasteiger partial charge in [0.15, 0.2) is 29.3 Å². The number of hydrogen-bond acceptors (Lipinski definition) is 11. The zero-order valence-corrected chi connectivity index (χ0v) is 35.9. The molecule has 316 valence electrons. The van der Waals surface area contributed by atoms with Gasteiger partial charge < -0.3 is 30.0 Å². The quantitative estimate of drug-likeness (QED) is 0.0929. The maximum absolute atomic E-state index is 13.5. The monoisotopic (exact) mass is 839 g/mol. The predicted octanol–water partition coefficient (Wildman–Crippen LogP) is 9.09. The van der Waals surface area contributed by atoms with Crippen LogP contribution in [0.1, 0.15) is 72.1 Å². The van der Waals surface area contributed by atoms with Gasteiger partial charge >= 0.3 is 0 Å². The maximum atomic E-state index is 13.5. The minimum atomic E-state index is -0.196. The Balaban J connectivity index is 1.03. The zero-order chi connectivity index (χ0) is 42.6. The molecule has 12 heteroatoms. The average Bonchev–Trinajstić information content (AvgIpc) is 3.67. The molecule has 0 aromatic heterocycles. The molecule has 0 unspecified atom stereocenters. The van der Waals surface area contributed by atoms with E-state index in [4.69, 9.17) is 29.7 Å². The van der Waals surface area contributed by atoms with Crippen molar-refractivity contribution in [2.45, 2.75) is 62.3 Å². The normalized spacial score (nSPS) is 19.5. The molecule has 7 rings (SSSR count). The number of hydrogen-bond donors (Lipinski definition) is 2. The molecule has 0 saturated carbocycles. The van der Waals surface area contributed by atoms with Gasteiger partial charge in [0.25, 0.3) is 5.91 Å². The molecule has 5 aliphatic rings. The van der Waals surface area contributed by atoms with Crippen LogP contribution in [0.25, 0.3) is 0 Å². The largest absolute Gasteiger partial charge is 0.493 e. The Labute approximate surface area is 362 Å². The molecule has 0 saturated heterocycles. The van der Waals surface area contributed by atoms with Gasteiger partial charge in [-0.3, -0.25) is 19.5 Å². The molecular formula is C49H53N5O6S. The summed E-state index contributed by atoms with van der Waals surface area (Å²) in [4.78, 5) is 33.5. The van der Waals surface area contributed by atoms with Crippen LogP contribution < -0.4 is 30.0 Å². The summed E-state index contributed by atoms with van der Waals surface area (Å²) >= 11 is 1.25. The Morgan fingerprint density at radius 2 is 1.74 bits per heavy atom. The number of aliphatic imine (C=N–C) groups is 1. The highest BCUT2D eigenvalue weighted by Gasteiger charge is 2.22. The Morgan fingerprint density at radius 1 is 0.951 bits per heavy atom. The molecule has 0 fully saturated rings. The van der Waals surface area contributed by atoms with E-state index >= 15 is 0 Å². The maximum Gasteiger partial charge on any atom is 0.252 e. The number of rotatable bonds is 12. The second-order valence-corrected chi connectivity index (χ2v) is 16.1. The van der Waals surface area contributed by atoms with Crippen molar-refractivity contribution in [1.29, 1.82) is 0 Å². The number of nitrogens with one attached hydrogen (secondary N) is 1. The number of methoxy groups -OCH3 is 2. The van der Waals surface area contributed by atoms with Gasteiger partial charge in [0.2, 0.25) is 0 Å². The van der Waals surface area contributed by atoms with E-state index in [1.807, 2.05) is 30.6 Å². The van der Waals surface area contributed by atoms with E-state index < -0.39 is 0 Å². The minimum absolute atomic E-state index is 0.0583. The summed E-state index contributed by atoms with van der Waals surface area (Å²) in [6.07, 6.45) is 30.4. The summed E-state index contributed by atoms with van der Waals surface area (Å²) < 4.78 is 28.6. The smallest absolute Gasteiger partial charge is 0.252 e. The van der Waals surface area contributed by atoms with Gasteiger partial charge in [0, 0.05) is 89.9 Å². The van der Waals surface area contributed by atoms with Gasteiger partial charge in [-0.05, 0) is 98.6 Å². The Morgan fingerprint density at radius 3 is 2.57 bits per heavy atom. The lowest BCUT2D eigenvalue weighted by Crippen LogP contribution is -2.32. The van der Waals surface area contributed by atoms with E-state index in [1.54, 1.807) is 38.5 Å². The van der Waals surface area contributed by atoms with Gasteiger partial charge in [-0.15, -0.1) is 5.73 Å². The van der Waals surface area contributed by atoms with Crippen LogP contribution in [0.15, 0.2) is 138 Å². The van der Waals surface area contributed by atoms with Gasteiger partial charge in [-0.2, -0.15) is 0 Å². The third-order valence-electron chi connectivity index (χ3n) is 11.2. The number of carbonyl (C=O) groups is 2. The van der Waals surface area contributed by atoms with Crippen molar-refractivity contribution < 1.29 is 28.5 Å².